The average Bonchev–Trinajstić information content (AvgIpc) is 2.85. The second-order valence-corrected chi connectivity index (χ2v) is 10.4. The van der Waals surface area contributed by atoms with E-state index in [9.17, 15) is 14.0 Å². The zero-order valence-electron chi connectivity index (χ0n) is 21.1. The second-order valence-electron chi connectivity index (χ2n) is 10.4. The lowest BCUT2D eigenvalue weighted by Gasteiger charge is -2.39. The fourth-order valence-electron chi connectivity index (χ4n) is 4.77. The highest BCUT2D eigenvalue weighted by Gasteiger charge is 2.31. The molecule has 0 fully saturated rings. The maximum atomic E-state index is 13.6. The molecular weight excluding hydrogens is 455 g/mol. The van der Waals surface area contributed by atoms with Gasteiger partial charge >= 0.3 is 5.97 Å². The van der Waals surface area contributed by atoms with Crippen LogP contribution in [0, 0.1) is 5.82 Å². The summed E-state index contributed by atoms with van der Waals surface area (Å²) in [5, 5.41) is 0. The van der Waals surface area contributed by atoms with Gasteiger partial charge in [0, 0.05) is 6.54 Å². The van der Waals surface area contributed by atoms with E-state index in [4.69, 9.17) is 10.5 Å². The van der Waals surface area contributed by atoms with E-state index in [1.165, 1.54) is 17.7 Å². The normalized spacial score (nSPS) is 14.2. The van der Waals surface area contributed by atoms with Crippen LogP contribution < -0.4 is 10.6 Å². The van der Waals surface area contributed by atoms with Crippen LogP contribution in [0.25, 0.3) is 0 Å². The molecule has 0 saturated heterocycles. The number of para-hydroxylation sites is 1. The Hall–Kier alpha value is -3.67. The lowest BCUT2D eigenvalue weighted by Crippen LogP contribution is -2.37. The molecule has 1 atom stereocenters. The van der Waals surface area contributed by atoms with Crippen molar-refractivity contribution in [1.29, 1.82) is 0 Å². The first-order valence-electron chi connectivity index (χ1n) is 12.3. The van der Waals surface area contributed by atoms with Crippen molar-refractivity contribution in [3.05, 3.63) is 100 Å². The maximum absolute atomic E-state index is 13.6. The van der Waals surface area contributed by atoms with Crippen molar-refractivity contribution in [2.45, 2.75) is 58.1 Å². The highest BCUT2D eigenvalue weighted by molar-refractivity contribution is 5.97. The van der Waals surface area contributed by atoms with Gasteiger partial charge in [0.1, 0.15) is 12.4 Å². The number of ether oxygens (including phenoxy) is 1. The quantitative estimate of drug-likeness (QED) is 0.424. The number of primary amides is 1. The zero-order chi connectivity index (χ0) is 25.9. The third kappa shape index (κ3) is 5.76. The van der Waals surface area contributed by atoms with Crippen molar-refractivity contribution in [2.75, 3.05) is 11.4 Å². The molecule has 2 N–H and O–H groups in total. The monoisotopic (exact) mass is 488 g/mol. The Morgan fingerprint density at radius 3 is 2.36 bits per heavy atom. The number of hydrogen-bond donors (Lipinski definition) is 1. The summed E-state index contributed by atoms with van der Waals surface area (Å²) in [6.07, 6.45) is 1.73. The SMILES string of the molecule is CC(C)(C)c1ccc(COC(=O)c2cccc3c2N(C(CC(N)=O)c2ccc(F)cc2)CCC3)cc1. The number of halogens is 1. The number of rotatable bonds is 7. The van der Waals surface area contributed by atoms with Crippen molar-refractivity contribution >= 4 is 17.6 Å². The van der Waals surface area contributed by atoms with Crippen LogP contribution in [0.1, 0.15) is 72.3 Å². The summed E-state index contributed by atoms with van der Waals surface area (Å²) in [7, 11) is 0. The molecule has 1 aliphatic heterocycles. The summed E-state index contributed by atoms with van der Waals surface area (Å²) >= 11 is 0. The standard InChI is InChI=1S/C30H33FN2O3/c1-30(2,3)23-13-9-20(10-14-23)19-36-29(35)25-8-4-6-22-7-5-17-33(28(22)25)26(18-27(32)34)21-11-15-24(31)16-12-21/h4,6,8-16,26H,5,7,17-19H2,1-3H3,(H2,32,34). The minimum absolute atomic E-state index is 0.0493. The average molecular weight is 489 g/mol. The largest absolute Gasteiger partial charge is 0.457 e. The van der Waals surface area contributed by atoms with Gasteiger partial charge in [0.05, 0.1) is 23.7 Å². The third-order valence-corrected chi connectivity index (χ3v) is 6.69. The van der Waals surface area contributed by atoms with Gasteiger partial charge in [-0.25, -0.2) is 9.18 Å². The highest BCUT2D eigenvalue weighted by atomic mass is 19.1. The van der Waals surface area contributed by atoms with E-state index in [2.05, 4.69) is 32.9 Å². The van der Waals surface area contributed by atoms with Crippen molar-refractivity contribution in [2.24, 2.45) is 5.73 Å². The van der Waals surface area contributed by atoms with Gasteiger partial charge in [-0.1, -0.05) is 69.3 Å². The smallest absolute Gasteiger partial charge is 0.340 e. The Labute approximate surface area is 212 Å². The molecule has 0 bridgehead atoms. The molecule has 1 unspecified atom stereocenters. The first kappa shape index (κ1) is 25.4. The number of fused-ring (bicyclic) bond motifs is 1. The molecule has 3 aromatic rings. The maximum Gasteiger partial charge on any atom is 0.340 e. The Morgan fingerprint density at radius 2 is 1.72 bits per heavy atom. The van der Waals surface area contributed by atoms with Crippen LogP contribution in [0.5, 0.6) is 0 Å². The van der Waals surface area contributed by atoms with Crippen molar-refractivity contribution in [3.63, 3.8) is 0 Å². The number of carbonyl (C=O) groups excluding carboxylic acids is 2. The Morgan fingerprint density at radius 1 is 1.03 bits per heavy atom. The number of hydrogen-bond acceptors (Lipinski definition) is 4. The molecule has 1 heterocycles. The van der Waals surface area contributed by atoms with Gasteiger partial charge in [0.15, 0.2) is 0 Å². The Balaban J connectivity index is 1.61. The van der Waals surface area contributed by atoms with E-state index >= 15 is 0 Å². The summed E-state index contributed by atoms with van der Waals surface area (Å²) in [6.45, 7) is 7.27. The molecule has 0 aliphatic carbocycles. The number of amides is 1. The third-order valence-electron chi connectivity index (χ3n) is 6.69. The molecule has 0 spiro atoms. The minimum Gasteiger partial charge on any atom is -0.457 e. The summed E-state index contributed by atoms with van der Waals surface area (Å²) in [5.41, 5.74) is 10.8. The molecule has 36 heavy (non-hydrogen) atoms. The zero-order valence-corrected chi connectivity index (χ0v) is 21.1. The molecule has 3 aromatic carbocycles. The van der Waals surface area contributed by atoms with E-state index in [1.807, 2.05) is 29.2 Å². The number of benzene rings is 3. The summed E-state index contributed by atoms with van der Waals surface area (Å²) in [4.78, 5) is 27.3. The Bertz CT molecular complexity index is 1230. The van der Waals surface area contributed by atoms with Gasteiger partial charge in [0.25, 0.3) is 0 Å². The van der Waals surface area contributed by atoms with Gasteiger partial charge in [-0.15, -0.1) is 0 Å². The van der Waals surface area contributed by atoms with Crippen LogP contribution in [0.4, 0.5) is 10.1 Å². The van der Waals surface area contributed by atoms with Crippen LogP contribution in [0.3, 0.4) is 0 Å². The van der Waals surface area contributed by atoms with Crippen LogP contribution in [0.2, 0.25) is 0 Å². The minimum atomic E-state index is -0.463. The van der Waals surface area contributed by atoms with Gasteiger partial charge in [-0.2, -0.15) is 0 Å². The molecule has 1 aliphatic rings. The predicted octanol–water partition coefficient (Wildman–Crippen LogP) is 5.85. The number of nitrogens with two attached hydrogens (primary N) is 1. The molecule has 0 radical (unpaired) electrons. The van der Waals surface area contributed by atoms with Crippen molar-refractivity contribution < 1.29 is 18.7 Å². The lowest BCUT2D eigenvalue weighted by atomic mass is 9.87. The van der Waals surface area contributed by atoms with Gasteiger partial charge in [-0.05, 0) is 58.7 Å². The molecule has 188 valence electrons. The fourth-order valence-corrected chi connectivity index (χ4v) is 4.77. The number of esters is 1. The first-order chi connectivity index (χ1) is 17.1. The van der Waals surface area contributed by atoms with Gasteiger partial charge in [0.2, 0.25) is 5.91 Å². The highest BCUT2D eigenvalue weighted by Crippen LogP contribution is 2.39. The van der Waals surface area contributed by atoms with E-state index in [1.54, 1.807) is 18.2 Å². The molecule has 6 heteroatoms. The van der Waals surface area contributed by atoms with E-state index < -0.39 is 17.9 Å². The number of nitrogens with zero attached hydrogens (tertiary/aromatic N) is 1. The van der Waals surface area contributed by atoms with Crippen molar-refractivity contribution in [3.8, 4) is 0 Å². The molecule has 1 amide bonds. The molecular formula is C30H33FN2O3. The number of aryl methyl sites for hydroxylation is 1. The molecule has 0 aromatic heterocycles. The molecule has 4 rings (SSSR count). The number of anilines is 1. The van der Waals surface area contributed by atoms with Gasteiger partial charge < -0.3 is 15.4 Å². The lowest BCUT2D eigenvalue weighted by molar-refractivity contribution is -0.118. The fraction of sp³-hybridized carbons (Fsp3) is 0.333. The second kappa shape index (κ2) is 10.5. The van der Waals surface area contributed by atoms with E-state index in [0.717, 1.165) is 35.2 Å². The van der Waals surface area contributed by atoms with Crippen LogP contribution in [-0.4, -0.2) is 18.4 Å². The summed E-state index contributed by atoms with van der Waals surface area (Å²) in [6, 6.07) is 19.4. The molecule has 5 nitrogen and oxygen atoms in total. The summed E-state index contributed by atoms with van der Waals surface area (Å²) < 4.78 is 19.3. The Kier molecular flexibility index (Phi) is 7.43. The number of carbonyl (C=O) groups is 2. The van der Waals surface area contributed by atoms with E-state index in [-0.39, 0.29) is 24.3 Å². The first-order valence-corrected chi connectivity index (χ1v) is 12.3. The van der Waals surface area contributed by atoms with Crippen LogP contribution >= 0.6 is 0 Å². The predicted molar refractivity (Wildman–Crippen MR) is 139 cm³/mol. The molecule has 0 saturated carbocycles. The van der Waals surface area contributed by atoms with Crippen LogP contribution in [0.15, 0.2) is 66.7 Å². The van der Waals surface area contributed by atoms with Crippen LogP contribution in [-0.2, 0) is 28.0 Å². The topological polar surface area (TPSA) is 72.6 Å². The van der Waals surface area contributed by atoms with Gasteiger partial charge in [-0.3, -0.25) is 4.79 Å². The van der Waals surface area contributed by atoms with E-state index in [0.29, 0.717) is 12.1 Å². The van der Waals surface area contributed by atoms with Crippen molar-refractivity contribution in [1.82, 2.24) is 0 Å². The summed E-state index contributed by atoms with van der Waals surface area (Å²) in [5.74, 6) is -1.23.